The Morgan fingerprint density at radius 1 is 1.12 bits per heavy atom. The molecular weight excluding hydrogens is 196 g/mol. The van der Waals surface area contributed by atoms with Gasteiger partial charge in [-0.05, 0) is 43.4 Å². The summed E-state index contributed by atoms with van der Waals surface area (Å²) >= 11 is 0. The van der Waals surface area contributed by atoms with Crippen molar-refractivity contribution in [3.8, 4) is 0 Å². The van der Waals surface area contributed by atoms with Gasteiger partial charge in [-0.2, -0.15) is 0 Å². The van der Waals surface area contributed by atoms with E-state index in [0.29, 0.717) is 23.9 Å². The first kappa shape index (κ1) is 14.0. The van der Waals surface area contributed by atoms with Crippen LogP contribution in [0.3, 0.4) is 0 Å². The average molecular weight is 226 g/mol. The van der Waals surface area contributed by atoms with Crippen molar-refractivity contribution < 1.29 is 0 Å². The first-order chi connectivity index (χ1) is 7.60. The Balaban J connectivity index is 2.55. The van der Waals surface area contributed by atoms with Gasteiger partial charge in [-0.25, -0.2) is 0 Å². The molecule has 1 saturated carbocycles. The first-order valence-electron chi connectivity index (χ1n) is 7.11. The molecule has 2 nitrogen and oxygen atoms in total. The van der Waals surface area contributed by atoms with Crippen LogP contribution in [0.2, 0.25) is 0 Å². The van der Waals surface area contributed by atoms with E-state index in [2.05, 4.69) is 20.8 Å². The lowest BCUT2D eigenvalue weighted by Crippen LogP contribution is -2.43. The zero-order valence-corrected chi connectivity index (χ0v) is 11.3. The summed E-state index contributed by atoms with van der Waals surface area (Å²) < 4.78 is 0. The van der Waals surface area contributed by atoms with Crippen LogP contribution >= 0.6 is 0 Å². The van der Waals surface area contributed by atoms with E-state index < -0.39 is 0 Å². The molecule has 1 unspecified atom stereocenters. The highest BCUT2D eigenvalue weighted by molar-refractivity contribution is 4.92. The minimum atomic E-state index is 0.333. The third kappa shape index (κ3) is 3.46. The number of rotatable bonds is 6. The molecule has 0 aromatic carbocycles. The van der Waals surface area contributed by atoms with E-state index in [1.807, 2.05) is 0 Å². The predicted molar refractivity (Wildman–Crippen MR) is 71.1 cm³/mol. The maximum absolute atomic E-state index is 6.47. The van der Waals surface area contributed by atoms with Gasteiger partial charge in [0.1, 0.15) is 0 Å². The summed E-state index contributed by atoms with van der Waals surface area (Å²) in [7, 11) is 0. The molecule has 1 rings (SSSR count). The van der Waals surface area contributed by atoms with Crippen molar-refractivity contribution in [2.45, 2.75) is 71.4 Å². The van der Waals surface area contributed by atoms with Crippen LogP contribution in [0.25, 0.3) is 0 Å². The minimum Gasteiger partial charge on any atom is -0.327 e. The van der Waals surface area contributed by atoms with E-state index in [9.17, 15) is 0 Å². The van der Waals surface area contributed by atoms with E-state index in [0.717, 1.165) is 5.92 Å². The molecule has 1 fully saturated rings. The average Bonchev–Trinajstić information content (AvgIpc) is 2.56. The van der Waals surface area contributed by atoms with Crippen LogP contribution in [0.15, 0.2) is 0 Å². The molecule has 2 heteroatoms. The van der Waals surface area contributed by atoms with Gasteiger partial charge in [-0.3, -0.25) is 0 Å². The molecule has 0 spiro atoms. The SMILES string of the molecule is CCCC(CCC)C(N)[C@@H]1C[C@@H](C)C[C@H]1N. The lowest BCUT2D eigenvalue weighted by Gasteiger charge is -2.30. The third-order valence-corrected chi connectivity index (χ3v) is 4.26. The maximum atomic E-state index is 6.47. The minimum absolute atomic E-state index is 0.333. The molecule has 4 N–H and O–H groups in total. The molecule has 0 radical (unpaired) electrons. The molecular formula is C14H30N2. The van der Waals surface area contributed by atoms with Crippen LogP contribution in [-0.2, 0) is 0 Å². The van der Waals surface area contributed by atoms with Crippen LogP contribution in [0.5, 0.6) is 0 Å². The molecule has 1 aliphatic rings. The molecule has 0 heterocycles. The normalized spacial score (nSPS) is 32.2. The lowest BCUT2D eigenvalue weighted by atomic mass is 9.81. The Kier molecular flexibility index (Phi) is 5.77. The molecule has 4 atom stereocenters. The van der Waals surface area contributed by atoms with Crippen LogP contribution in [0.1, 0.15) is 59.3 Å². The fourth-order valence-electron chi connectivity index (χ4n) is 3.44. The summed E-state index contributed by atoms with van der Waals surface area (Å²) in [5, 5.41) is 0. The summed E-state index contributed by atoms with van der Waals surface area (Å²) in [6.45, 7) is 6.82. The fraction of sp³-hybridized carbons (Fsp3) is 1.00. The molecule has 0 bridgehead atoms. The zero-order valence-electron chi connectivity index (χ0n) is 11.3. The van der Waals surface area contributed by atoms with Crippen molar-refractivity contribution in [1.82, 2.24) is 0 Å². The Morgan fingerprint density at radius 3 is 2.06 bits per heavy atom. The smallest absolute Gasteiger partial charge is 0.0110 e. The number of hydrogen-bond acceptors (Lipinski definition) is 2. The molecule has 16 heavy (non-hydrogen) atoms. The summed E-state index contributed by atoms with van der Waals surface area (Å²) in [5.74, 6) is 2.03. The van der Waals surface area contributed by atoms with Crippen molar-refractivity contribution in [2.24, 2.45) is 29.2 Å². The molecule has 96 valence electrons. The summed E-state index contributed by atoms with van der Waals surface area (Å²) in [6, 6.07) is 0.682. The van der Waals surface area contributed by atoms with Gasteiger partial charge in [0, 0.05) is 12.1 Å². The van der Waals surface area contributed by atoms with Gasteiger partial charge >= 0.3 is 0 Å². The van der Waals surface area contributed by atoms with Crippen molar-refractivity contribution >= 4 is 0 Å². The Hall–Kier alpha value is -0.0800. The van der Waals surface area contributed by atoms with Crippen LogP contribution in [0.4, 0.5) is 0 Å². The second kappa shape index (κ2) is 6.61. The zero-order chi connectivity index (χ0) is 12.1. The quantitative estimate of drug-likeness (QED) is 0.731. The van der Waals surface area contributed by atoms with Crippen molar-refractivity contribution in [3.05, 3.63) is 0 Å². The predicted octanol–water partition coefficient (Wildman–Crippen LogP) is 2.90. The highest BCUT2D eigenvalue weighted by Gasteiger charge is 2.36. The van der Waals surface area contributed by atoms with E-state index in [1.54, 1.807) is 0 Å². The molecule has 0 saturated heterocycles. The Morgan fingerprint density at radius 2 is 1.69 bits per heavy atom. The van der Waals surface area contributed by atoms with Crippen molar-refractivity contribution in [3.63, 3.8) is 0 Å². The maximum Gasteiger partial charge on any atom is 0.0110 e. The number of nitrogens with two attached hydrogens (primary N) is 2. The van der Waals surface area contributed by atoms with Crippen LogP contribution in [-0.4, -0.2) is 12.1 Å². The molecule has 0 aromatic rings. The summed E-state index contributed by atoms with van der Waals surface area (Å²) in [5.41, 5.74) is 12.7. The van der Waals surface area contributed by atoms with Gasteiger partial charge in [0.15, 0.2) is 0 Å². The van der Waals surface area contributed by atoms with E-state index in [-0.39, 0.29) is 0 Å². The summed E-state index contributed by atoms with van der Waals surface area (Å²) in [6.07, 6.45) is 7.45. The van der Waals surface area contributed by atoms with E-state index in [1.165, 1.54) is 38.5 Å². The van der Waals surface area contributed by atoms with Crippen LogP contribution in [0, 0.1) is 17.8 Å². The molecule has 1 aliphatic carbocycles. The topological polar surface area (TPSA) is 52.0 Å². The van der Waals surface area contributed by atoms with E-state index in [4.69, 9.17) is 11.5 Å². The standard InChI is InChI=1S/C14H30N2/c1-4-6-11(7-5-2)14(16)12-8-10(3)9-13(12)15/h10-14H,4-9,15-16H2,1-3H3/t10-,12-,13-,14?/m1/s1. The summed E-state index contributed by atoms with van der Waals surface area (Å²) in [4.78, 5) is 0. The van der Waals surface area contributed by atoms with Gasteiger partial charge in [0.2, 0.25) is 0 Å². The third-order valence-electron chi connectivity index (χ3n) is 4.26. The van der Waals surface area contributed by atoms with Gasteiger partial charge in [-0.1, -0.05) is 33.6 Å². The van der Waals surface area contributed by atoms with Gasteiger partial charge in [0.25, 0.3) is 0 Å². The van der Waals surface area contributed by atoms with Crippen molar-refractivity contribution in [1.29, 1.82) is 0 Å². The Bertz CT molecular complexity index is 187. The fourth-order valence-corrected chi connectivity index (χ4v) is 3.44. The second-order valence-electron chi connectivity index (χ2n) is 5.82. The Labute approximate surface area is 101 Å². The van der Waals surface area contributed by atoms with Crippen molar-refractivity contribution in [2.75, 3.05) is 0 Å². The molecule has 0 amide bonds. The monoisotopic (exact) mass is 226 g/mol. The van der Waals surface area contributed by atoms with E-state index >= 15 is 0 Å². The second-order valence-corrected chi connectivity index (χ2v) is 5.82. The lowest BCUT2D eigenvalue weighted by molar-refractivity contribution is 0.260. The van der Waals surface area contributed by atoms with Gasteiger partial charge in [-0.15, -0.1) is 0 Å². The molecule has 0 aliphatic heterocycles. The highest BCUT2D eigenvalue weighted by Crippen LogP contribution is 2.35. The largest absolute Gasteiger partial charge is 0.327 e. The van der Waals surface area contributed by atoms with Gasteiger partial charge < -0.3 is 11.5 Å². The first-order valence-corrected chi connectivity index (χ1v) is 7.11. The van der Waals surface area contributed by atoms with Gasteiger partial charge in [0.05, 0.1) is 0 Å². The number of hydrogen-bond donors (Lipinski definition) is 2. The highest BCUT2D eigenvalue weighted by atomic mass is 14.8. The molecule has 0 aromatic heterocycles. The van der Waals surface area contributed by atoms with Crippen LogP contribution < -0.4 is 11.5 Å².